The Balaban J connectivity index is 1.70. The summed E-state index contributed by atoms with van der Waals surface area (Å²) in [6.45, 7) is 4.45. The van der Waals surface area contributed by atoms with Gasteiger partial charge in [0.05, 0.1) is 7.11 Å². The van der Waals surface area contributed by atoms with Crippen molar-refractivity contribution < 1.29 is 23.7 Å². The van der Waals surface area contributed by atoms with Crippen molar-refractivity contribution in [3.05, 3.63) is 130 Å². The highest BCUT2D eigenvalue weighted by atomic mass is 16.5. The van der Waals surface area contributed by atoms with Gasteiger partial charge < -0.3 is 23.7 Å². The van der Waals surface area contributed by atoms with E-state index >= 15 is 0 Å². The third kappa shape index (κ3) is 6.28. The molecule has 0 saturated heterocycles. The first kappa shape index (κ1) is 27.6. The van der Waals surface area contributed by atoms with Crippen molar-refractivity contribution in [3.63, 3.8) is 0 Å². The molecule has 0 spiro atoms. The van der Waals surface area contributed by atoms with Crippen molar-refractivity contribution in [2.75, 3.05) is 7.11 Å². The Morgan fingerprint density at radius 1 is 0.854 bits per heavy atom. The Morgan fingerprint density at radius 3 is 2.05 bits per heavy atom. The van der Waals surface area contributed by atoms with Crippen LogP contribution >= 0.6 is 0 Å². The Morgan fingerprint density at radius 2 is 1.46 bits per heavy atom. The van der Waals surface area contributed by atoms with E-state index in [1.165, 1.54) is 6.07 Å². The molecule has 0 saturated carbocycles. The van der Waals surface area contributed by atoms with E-state index in [4.69, 9.17) is 18.6 Å². The number of aromatic hydroxyl groups is 1. The number of allylic oxidation sites excluding steroid dienone is 2. The summed E-state index contributed by atoms with van der Waals surface area (Å²) in [5.74, 6) is 1.16. The van der Waals surface area contributed by atoms with Crippen LogP contribution in [-0.2, 0) is 19.6 Å². The van der Waals surface area contributed by atoms with Gasteiger partial charge in [-0.05, 0) is 55.7 Å². The van der Waals surface area contributed by atoms with Gasteiger partial charge in [-0.2, -0.15) is 0 Å². The van der Waals surface area contributed by atoms with Crippen molar-refractivity contribution in [2.24, 2.45) is 0 Å². The summed E-state index contributed by atoms with van der Waals surface area (Å²) in [6, 6.07) is 28.0. The zero-order valence-electron chi connectivity index (χ0n) is 23.3. The molecule has 1 N–H and O–H groups in total. The fourth-order valence-corrected chi connectivity index (χ4v) is 4.52. The highest BCUT2D eigenvalue weighted by molar-refractivity contribution is 5.91. The molecule has 6 nitrogen and oxygen atoms in total. The number of phenolic OH excluding ortho intramolecular Hbond substituents is 1. The zero-order chi connectivity index (χ0) is 28.8. The summed E-state index contributed by atoms with van der Waals surface area (Å²) >= 11 is 0. The van der Waals surface area contributed by atoms with Crippen LogP contribution in [0.3, 0.4) is 0 Å². The Hall–Kier alpha value is -4.97. The first-order valence-corrected chi connectivity index (χ1v) is 13.4. The predicted molar refractivity (Wildman–Crippen MR) is 161 cm³/mol. The predicted octanol–water partition coefficient (Wildman–Crippen LogP) is 7.84. The standard InChI is InChI=1S/C35H32O6/c1-23(2)14-19-28-30(39-21-24-10-6-4-7-11-24)20-29(36)31-32(37)35(40-22-25-12-8-5-9-13-25)33(41-34(28)31)26-15-17-27(38-3)18-16-26/h4-18,20,36H,19,21-22H2,1-3H3. The normalized spacial score (nSPS) is 10.8. The molecule has 0 amide bonds. The average Bonchev–Trinajstić information content (AvgIpc) is 2.99. The number of hydrogen-bond acceptors (Lipinski definition) is 6. The van der Waals surface area contributed by atoms with Crippen LogP contribution < -0.4 is 19.6 Å². The van der Waals surface area contributed by atoms with Gasteiger partial charge in [0.15, 0.2) is 5.76 Å². The van der Waals surface area contributed by atoms with Gasteiger partial charge in [0.25, 0.3) is 0 Å². The molecule has 1 aromatic heterocycles. The molecule has 0 fully saturated rings. The molecule has 0 aliphatic rings. The van der Waals surface area contributed by atoms with Gasteiger partial charge in [0.1, 0.15) is 41.4 Å². The van der Waals surface area contributed by atoms with E-state index in [0.29, 0.717) is 35.7 Å². The third-order valence-corrected chi connectivity index (χ3v) is 6.70. The minimum absolute atomic E-state index is 0.0212. The van der Waals surface area contributed by atoms with Gasteiger partial charge in [-0.3, -0.25) is 4.79 Å². The molecule has 4 aromatic carbocycles. The first-order chi connectivity index (χ1) is 19.9. The van der Waals surface area contributed by atoms with Crippen LogP contribution in [0.4, 0.5) is 0 Å². The van der Waals surface area contributed by atoms with Crippen LogP contribution in [0.2, 0.25) is 0 Å². The highest BCUT2D eigenvalue weighted by Crippen LogP contribution is 2.40. The van der Waals surface area contributed by atoms with Crippen LogP contribution in [0.5, 0.6) is 23.0 Å². The number of benzene rings is 4. The molecule has 41 heavy (non-hydrogen) atoms. The largest absolute Gasteiger partial charge is 0.507 e. The summed E-state index contributed by atoms with van der Waals surface area (Å²) in [4.78, 5) is 14.0. The number of fused-ring (bicyclic) bond motifs is 1. The SMILES string of the molecule is COc1ccc(-c2oc3c(CC=C(C)C)c(OCc4ccccc4)cc(O)c3c(=O)c2OCc2ccccc2)cc1. The second kappa shape index (κ2) is 12.5. The molecule has 0 radical (unpaired) electrons. The van der Waals surface area contributed by atoms with Crippen molar-refractivity contribution >= 4 is 11.0 Å². The maximum Gasteiger partial charge on any atom is 0.239 e. The highest BCUT2D eigenvalue weighted by Gasteiger charge is 2.24. The molecule has 0 aliphatic heterocycles. The van der Waals surface area contributed by atoms with Crippen LogP contribution in [0, 0.1) is 0 Å². The van der Waals surface area contributed by atoms with E-state index < -0.39 is 5.43 Å². The lowest BCUT2D eigenvalue weighted by atomic mass is 10.0. The molecule has 0 aliphatic carbocycles. The monoisotopic (exact) mass is 548 g/mol. The quantitative estimate of drug-likeness (QED) is 0.179. The van der Waals surface area contributed by atoms with Crippen molar-refractivity contribution in [1.29, 1.82) is 0 Å². The van der Waals surface area contributed by atoms with Gasteiger partial charge >= 0.3 is 0 Å². The second-order valence-corrected chi connectivity index (χ2v) is 9.93. The molecular weight excluding hydrogens is 516 g/mol. The van der Waals surface area contributed by atoms with Crippen LogP contribution in [0.25, 0.3) is 22.3 Å². The summed E-state index contributed by atoms with van der Waals surface area (Å²) in [5.41, 5.74) is 4.07. The van der Waals surface area contributed by atoms with Crippen molar-refractivity contribution in [3.8, 4) is 34.3 Å². The first-order valence-electron chi connectivity index (χ1n) is 13.4. The fraction of sp³-hybridized carbons (Fsp3) is 0.171. The van der Waals surface area contributed by atoms with Crippen LogP contribution in [0.15, 0.2) is 112 Å². The van der Waals surface area contributed by atoms with Gasteiger partial charge in [0.2, 0.25) is 11.2 Å². The van der Waals surface area contributed by atoms with Gasteiger partial charge in [-0.1, -0.05) is 72.3 Å². The van der Waals surface area contributed by atoms with E-state index in [9.17, 15) is 9.90 Å². The number of phenols is 1. The molecule has 5 rings (SSSR count). The third-order valence-electron chi connectivity index (χ3n) is 6.70. The Bertz CT molecular complexity index is 1720. The van der Waals surface area contributed by atoms with E-state index in [0.717, 1.165) is 16.7 Å². The van der Waals surface area contributed by atoms with Gasteiger partial charge in [-0.15, -0.1) is 0 Å². The second-order valence-electron chi connectivity index (χ2n) is 9.93. The van der Waals surface area contributed by atoms with E-state index in [1.807, 2.05) is 92.7 Å². The molecule has 208 valence electrons. The lowest BCUT2D eigenvalue weighted by molar-refractivity contribution is 0.295. The zero-order valence-corrected chi connectivity index (χ0v) is 23.3. The fourth-order valence-electron chi connectivity index (χ4n) is 4.52. The molecule has 0 atom stereocenters. The Kier molecular flexibility index (Phi) is 8.39. The number of rotatable bonds is 10. The summed E-state index contributed by atoms with van der Waals surface area (Å²) in [6.07, 6.45) is 2.48. The molecular formula is C35H32O6. The average molecular weight is 549 g/mol. The number of methoxy groups -OCH3 is 1. The van der Waals surface area contributed by atoms with E-state index in [-0.39, 0.29) is 34.8 Å². The summed E-state index contributed by atoms with van der Waals surface area (Å²) in [5, 5.41) is 11.2. The van der Waals surface area contributed by atoms with Gasteiger partial charge in [0, 0.05) is 17.2 Å². The summed E-state index contributed by atoms with van der Waals surface area (Å²) < 4.78 is 24.2. The number of hydrogen-bond donors (Lipinski definition) is 1. The lowest BCUT2D eigenvalue weighted by Crippen LogP contribution is -2.12. The van der Waals surface area contributed by atoms with Crippen molar-refractivity contribution in [1.82, 2.24) is 0 Å². The smallest absolute Gasteiger partial charge is 0.239 e. The van der Waals surface area contributed by atoms with Gasteiger partial charge in [-0.25, -0.2) is 0 Å². The number of ether oxygens (including phenoxy) is 3. The topological polar surface area (TPSA) is 78.1 Å². The molecule has 0 bridgehead atoms. The van der Waals surface area contributed by atoms with Crippen molar-refractivity contribution in [2.45, 2.75) is 33.5 Å². The minimum atomic E-state index is -0.460. The lowest BCUT2D eigenvalue weighted by Gasteiger charge is -2.17. The summed E-state index contributed by atoms with van der Waals surface area (Å²) in [7, 11) is 1.59. The molecule has 6 heteroatoms. The minimum Gasteiger partial charge on any atom is -0.507 e. The Labute approximate surface area is 239 Å². The maximum absolute atomic E-state index is 14.0. The molecule has 0 unspecified atom stereocenters. The van der Waals surface area contributed by atoms with Crippen LogP contribution in [0.1, 0.15) is 30.5 Å². The van der Waals surface area contributed by atoms with Crippen LogP contribution in [-0.4, -0.2) is 12.2 Å². The van der Waals surface area contributed by atoms with E-state index in [2.05, 4.69) is 0 Å². The molecule has 5 aromatic rings. The van der Waals surface area contributed by atoms with E-state index in [1.54, 1.807) is 19.2 Å². The molecule has 1 heterocycles. The maximum atomic E-state index is 14.0.